The van der Waals surface area contributed by atoms with Crippen LogP contribution in [-0.2, 0) is 0 Å². The monoisotopic (exact) mass is 399 g/mol. The van der Waals surface area contributed by atoms with Crippen molar-refractivity contribution < 1.29 is 0 Å². The van der Waals surface area contributed by atoms with E-state index in [1.807, 2.05) is 36.4 Å². The summed E-state index contributed by atoms with van der Waals surface area (Å²) in [7, 11) is 0. The van der Waals surface area contributed by atoms with Crippen molar-refractivity contribution >= 4 is 52.0 Å². The summed E-state index contributed by atoms with van der Waals surface area (Å²) in [5.41, 5.74) is 21.7. The van der Waals surface area contributed by atoms with Crippen LogP contribution in [0.5, 0.6) is 0 Å². The maximum absolute atomic E-state index is 5.86. The Hall–Kier alpha value is -4.53. The zero-order valence-electron chi connectivity index (χ0n) is 16.0. The van der Waals surface area contributed by atoms with Gasteiger partial charge in [0, 0.05) is 34.1 Å². The first-order chi connectivity index (χ1) is 14.5. The quantitative estimate of drug-likeness (QED) is 0.265. The maximum atomic E-state index is 5.86. The molecule has 0 saturated carbocycles. The first-order valence-electron chi connectivity index (χ1n) is 9.17. The molecule has 0 saturated heterocycles. The van der Waals surface area contributed by atoms with Gasteiger partial charge in [0.15, 0.2) is 0 Å². The lowest BCUT2D eigenvalue weighted by molar-refractivity contribution is 1.06. The van der Waals surface area contributed by atoms with Crippen molar-refractivity contribution in [3.8, 4) is 0 Å². The number of hydrogen-bond donors (Lipinski definition) is 6. The van der Waals surface area contributed by atoms with Crippen LogP contribution in [0.15, 0.2) is 72.8 Å². The van der Waals surface area contributed by atoms with Crippen LogP contribution < -0.4 is 33.2 Å². The van der Waals surface area contributed by atoms with Crippen LogP contribution in [0.3, 0.4) is 0 Å². The van der Waals surface area contributed by atoms with Gasteiger partial charge in [0.05, 0.1) is 0 Å². The number of benzene rings is 3. The van der Waals surface area contributed by atoms with E-state index in [0.717, 1.165) is 17.1 Å². The first kappa shape index (κ1) is 18.8. The van der Waals surface area contributed by atoms with E-state index in [1.165, 1.54) is 0 Å². The van der Waals surface area contributed by atoms with Crippen LogP contribution in [0.2, 0.25) is 0 Å². The molecule has 0 bridgehead atoms. The highest BCUT2D eigenvalue weighted by atomic mass is 15.3. The number of hydrogen-bond acceptors (Lipinski definition) is 9. The number of anilines is 9. The van der Waals surface area contributed by atoms with Gasteiger partial charge in [-0.05, 0) is 54.6 Å². The summed E-state index contributed by atoms with van der Waals surface area (Å²) in [6, 6.07) is 21.9. The standard InChI is InChI=1S/C21H21N9/c22-13-4-1-7-16(10-13)25-19-28-20(26-17-8-2-5-14(23)11-17)30-21(29-19)27-18-9-3-6-15(24)12-18/h1-12H,22-24H2,(H3,25,26,27,28,29,30). The lowest BCUT2D eigenvalue weighted by Crippen LogP contribution is -2.07. The second-order valence-electron chi connectivity index (χ2n) is 6.56. The van der Waals surface area contributed by atoms with Gasteiger partial charge in [-0.2, -0.15) is 15.0 Å². The van der Waals surface area contributed by atoms with Crippen molar-refractivity contribution in [2.45, 2.75) is 0 Å². The number of aromatic nitrogens is 3. The normalized spacial score (nSPS) is 10.4. The number of nitrogens with two attached hydrogens (primary N) is 3. The molecule has 9 nitrogen and oxygen atoms in total. The Bertz CT molecular complexity index is 1020. The molecule has 4 rings (SSSR count). The fraction of sp³-hybridized carbons (Fsp3) is 0. The lowest BCUT2D eigenvalue weighted by atomic mass is 10.3. The molecule has 9 N–H and O–H groups in total. The average molecular weight is 399 g/mol. The fourth-order valence-electron chi connectivity index (χ4n) is 2.78. The number of nitrogen functional groups attached to an aromatic ring is 3. The molecule has 0 aliphatic carbocycles. The molecule has 4 aromatic rings. The van der Waals surface area contributed by atoms with Crippen LogP contribution in [0.4, 0.5) is 52.0 Å². The van der Waals surface area contributed by atoms with Gasteiger partial charge in [0.25, 0.3) is 0 Å². The molecule has 1 aromatic heterocycles. The van der Waals surface area contributed by atoms with Crippen molar-refractivity contribution in [2.24, 2.45) is 0 Å². The molecule has 0 atom stereocenters. The molecule has 0 spiro atoms. The van der Waals surface area contributed by atoms with Crippen molar-refractivity contribution in [1.82, 2.24) is 15.0 Å². The molecular weight excluding hydrogens is 378 g/mol. The largest absolute Gasteiger partial charge is 0.399 e. The summed E-state index contributed by atoms with van der Waals surface area (Å²) >= 11 is 0. The molecule has 0 unspecified atom stereocenters. The first-order valence-corrected chi connectivity index (χ1v) is 9.17. The van der Waals surface area contributed by atoms with E-state index >= 15 is 0 Å². The lowest BCUT2D eigenvalue weighted by Gasteiger charge is -2.12. The Morgan fingerprint density at radius 3 is 1.03 bits per heavy atom. The Balaban J connectivity index is 1.67. The third-order valence-electron chi connectivity index (χ3n) is 4.06. The van der Waals surface area contributed by atoms with E-state index in [4.69, 9.17) is 17.2 Å². The van der Waals surface area contributed by atoms with Crippen molar-refractivity contribution in [3.63, 3.8) is 0 Å². The van der Waals surface area contributed by atoms with E-state index < -0.39 is 0 Å². The minimum Gasteiger partial charge on any atom is -0.399 e. The number of nitrogens with zero attached hydrogens (tertiary/aromatic N) is 3. The Morgan fingerprint density at radius 1 is 0.467 bits per heavy atom. The summed E-state index contributed by atoms with van der Waals surface area (Å²) in [5, 5.41) is 9.44. The van der Waals surface area contributed by atoms with Crippen LogP contribution in [0.1, 0.15) is 0 Å². The van der Waals surface area contributed by atoms with Crippen LogP contribution >= 0.6 is 0 Å². The smallest absolute Gasteiger partial charge is 0.233 e. The molecule has 0 radical (unpaired) electrons. The molecule has 150 valence electrons. The minimum absolute atomic E-state index is 0.341. The van der Waals surface area contributed by atoms with Crippen LogP contribution in [0, 0.1) is 0 Å². The summed E-state index contributed by atoms with van der Waals surface area (Å²) in [6.45, 7) is 0. The summed E-state index contributed by atoms with van der Waals surface area (Å²) < 4.78 is 0. The van der Waals surface area contributed by atoms with Gasteiger partial charge in [0.1, 0.15) is 0 Å². The zero-order valence-corrected chi connectivity index (χ0v) is 16.0. The molecule has 0 fully saturated rings. The van der Waals surface area contributed by atoms with E-state index in [-0.39, 0.29) is 0 Å². The SMILES string of the molecule is Nc1cccc(Nc2nc(Nc3cccc(N)c3)nc(Nc3cccc(N)c3)n2)c1. The van der Waals surface area contributed by atoms with Gasteiger partial charge < -0.3 is 33.2 Å². The molecule has 30 heavy (non-hydrogen) atoms. The second-order valence-corrected chi connectivity index (χ2v) is 6.56. The summed E-state index contributed by atoms with van der Waals surface area (Å²) in [5.74, 6) is 1.02. The highest BCUT2D eigenvalue weighted by Crippen LogP contribution is 2.23. The van der Waals surface area contributed by atoms with Crippen molar-refractivity contribution in [1.29, 1.82) is 0 Å². The number of rotatable bonds is 6. The Morgan fingerprint density at radius 2 is 0.767 bits per heavy atom. The van der Waals surface area contributed by atoms with Gasteiger partial charge >= 0.3 is 0 Å². The maximum Gasteiger partial charge on any atom is 0.233 e. The molecule has 9 heteroatoms. The van der Waals surface area contributed by atoms with E-state index in [0.29, 0.717) is 34.9 Å². The Labute approximate surface area is 173 Å². The van der Waals surface area contributed by atoms with E-state index in [2.05, 4.69) is 30.9 Å². The van der Waals surface area contributed by atoms with Gasteiger partial charge in [0.2, 0.25) is 17.8 Å². The molecule has 3 aromatic carbocycles. The third kappa shape index (κ3) is 4.84. The fourth-order valence-corrected chi connectivity index (χ4v) is 2.78. The zero-order chi connectivity index (χ0) is 20.9. The van der Waals surface area contributed by atoms with Gasteiger partial charge in [-0.25, -0.2) is 0 Å². The predicted molar refractivity (Wildman–Crippen MR) is 122 cm³/mol. The van der Waals surface area contributed by atoms with E-state index in [1.54, 1.807) is 36.4 Å². The topological polar surface area (TPSA) is 153 Å². The second kappa shape index (κ2) is 8.23. The molecular formula is C21H21N9. The van der Waals surface area contributed by atoms with E-state index in [9.17, 15) is 0 Å². The summed E-state index contributed by atoms with van der Waals surface area (Å²) in [4.78, 5) is 13.4. The van der Waals surface area contributed by atoms with Crippen molar-refractivity contribution in [2.75, 3.05) is 33.2 Å². The average Bonchev–Trinajstić information content (AvgIpc) is 2.68. The molecule has 1 heterocycles. The molecule has 0 aliphatic rings. The highest BCUT2D eigenvalue weighted by Gasteiger charge is 2.09. The Kier molecular flexibility index (Phi) is 5.16. The number of nitrogens with one attached hydrogen (secondary N) is 3. The molecule has 0 amide bonds. The van der Waals surface area contributed by atoms with Crippen LogP contribution in [0.25, 0.3) is 0 Å². The van der Waals surface area contributed by atoms with Crippen molar-refractivity contribution in [3.05, 3.63) is 72.8 Å². The third-order valence-corrected chi connectivity index (χ3v) is 4.06. The summed E-state index contributed by atoms with van der Waals surface area (Å²) in [6.07, 6.45) is 0. The van der Waals surface area contributed by atoms with Gasteiger partial charge in [-0.1, -0.05) is 18.2 Å². The van der Waals surface area contributed by atoms with Crippen LogP contribution in [-0.4, -0.2) is 15.0 Å². The predicted octanol–water partition coefficient (Wildman–Crippen LogP) is 3.85. The highest BCUT2D eigenvalue weighted by molar-refractivity contribution is 5.66. The van der Waals surface area contributed by atoms with Gasteiger partial charge in [-0.3, -0.25) is 0 Å². The molecule has 0 aliphatic heterocycles. The van der Waals surface area contributed by atoms with Gasteiger partial charge in [-0.15, -0.1) is 0 Å². The minimum atomic E-state index is 0.341.